The minimum Gasteiger partial charge on any atom is -0.382 e. The number of likely N-dealkylation sites (N-methyl/N-ethyl adjacent to an activating group) is 1. The summed E-state index contributed by atoms with van der Waals surface area (Å²) in [5, 5.41) is 10.8. The number of anilines is 4. The monoisotopic (exact) mass is 559 g/mol. The normalized spacial score (nSPS) is 13.1. The zero-order valence-corrected chi connectivity index (χ0v) is 22.5. The van der Waals surface area contributed by atoms with Gasteiger partial charge >= 0.3 is 0 Å². The Morgan fingerprint density at radius 2 is 2.00 bits per heavy atom. The van der Waals surface area contributed by atoms with E-state index in [2.05, 4.69) is 83.4 Å². The SMILES string of the molecule is C=CC(=O)Nc1cc(Nc2nccc(-c3cn(C4CC4)c4ccccc34)n2)c(Br)cc1NCCN(C)C. The number of hydrogen-bond acceptors (Lipinski definition) is 6. The summed E-state index contributed by atoms with van der Waals surface area (Å²) in [5.74, 6) is 0.185. The van der Waals surface area contributed by atoms with Gasteiger partial charge in [0.05, 0.1) is 22.8 Å². The number of nitrogens with one attached hydrogen (secondary N) is 3. The molecule has 1 saturated carbocycles. The molecule has 190 valence electrons. The fraction of sp³-hybridized carbons (Fsp3) is 0.250. The number of amides is 1. The number of halogens is 1. The van der Waals surface area contributed by atoms with Crippen molar-refractivity contribution in [2.24, 2.45) is 0 Å². The van der Waals surface area contributed by atoms with Crippen molar-refractivity contribution in [1.82, 2.24) is 19.4 Å². The van der Waals surface area contributed by atoms with Crippen LogP contribution in [-0.2, 0) is 4.79 Å². The summed E-state index contributed by atoms with van der Waals surface area (Å²) in [6.45, 7) is 5.15. The van der Waals surface area contributed by atoms with Crippen molar-refractivity contribution in [3.63, 3.8) is 0 Å². The van der Waals surface area contributed by atoms with E-state index >= 15 is 0 Å². The summed E-state index contributed by atoms with van der Waals surface area (Å²) in [6.07, 6.45) is 7.66. The van der Waals surface area contributed by atoms with Gasteiger partial charge in [0.15, 0.2) is 0 Å². The lowest BCUT2D eigenvalue weighted by atomic mass is 10.1. The van der Waals surface area contributed by atoms with Crippen LogP contribution in [0.5, 0.6) is 0 Å². The highest BCUT2D eigenvalue weighted by molar-refractivity contribution is 9.10. The molecule has 0 unspecified atom stereocenters. The number of para-hydroxylation sites is 1. The number of nitrogens with zero attached hydrogens (tertiary/aromatic N) is 4. The van der Waals surface area contributed by atoms with Crippen LogP contribution in [0.15, 0.2) is 72.0 Å². The van der Waals surface area contributed by atoms with Crippen LogP contribution < -0.4 is 16.0 Å². The van der Waals surface area contributed by atoms with Gasteiger partial charge in [-0.1, -0.05) is 24.8 Å². The molecule has 0 saturated heterocycles. The number of aromatic nitrogens is 3. The molecule has 1 amide bonds. The first-order chi connectivity index (χ1) is 17.9. The van der Waals surface area contributed by atoms with Crippen molar-refractivity contribution in [3.8, 4) is 11.3 Å². The molecule has 9 heteroatoms. The van der Waals surface area contributed by atoms with E-state index in [1.165, 1.54) is 29.8 Å². The molecule has 2 aromatic heterocycles. The van der Waals surface area contributed by atoms with Crippen molar-refractivity contribution < 1.29 is 4.79 Å². The molecular formula is C28H30BrN7O. The molecule has 5 rings (SSSR count). The van der Waals surface area contributed by atoms with Gasteiger partial charge in [-0.15, -0.1) is 0 Å². The van der Waals surface area contributed by atoms with Gasteiger partial charge < -0.3 is 25.4 Å². The third-order valence-corrected chi connectivity index (χ3v) is 6.94. The minimum atomic E-state index is -0.283. The third-order valence-electron chi connectivity index (χ3n) is 6.28. The maximum absolute atomic E-state index is 12.1. The Morgan fingerprint density at radius 3 is 2.76 bits per heavy atom. The first-order valence-electron chi connectivity index (χ1n) is 12.3. The van der Waals surface area contributed by atoms with Crippen LogP contribution in [0.2, 0.25) is 0 Å². The molecule has 0 atom stereocenters. The van der Waals surface area contributed by atoms with Crippen LogP contribution in [-0.4, -0.2) is 52.5 Å². The maximum Gasteiger partial charge on any atom is 0.247 e. The van der Waals surface area contributed by atoms with Crippen molar-refractivity contribution >= 4 is 55.8 Å². The Morgan fingerprint density at radius 1 is 1.19 bits per heavy atom. The second-order valence-electron chi connectivity index (χ2n) is 9.39. The van der Waals surface area contributed by atoms with E-state index < -0.39 is 0 Å². The molecule has 0 spiro atoms. The molecule has 8 nitrogen and oxygen atoms in total. The van der Waals surface area contributed by atoms with Gasteiger partial charge in [-0.3, -0.25) is 4.79 Å². The summed E-state index contributed by atoms with van der Waals surface area (Å²) in [4.78, 5) is 23.5. The first-order valence-corrected chi connectivity index (χ1v) is 13.1. The number of hydrogen-bond donors (Lipinski definition) is 3. The molecular weight excluding hydrogens is 530 g/mol. The second kappa shape index (κ2) is 10.7. The van der Waals surface area contributed by atoms with Crippen LogP contribution in [0, 0.1) is 0 Å². The highest BCUT2D eigenvalue weighted by Gasteiger charge is 2.26. The molecule has 37 heavy (non-hydrogen) atoms. The highest BCUT2D eigenvalue weighted by atomic mass is 79.9. The predicted molar refractivity (Wildman–Crippen MR) is 155 cm³/mol. The molecule has 4 aromatic rings. The average molecular weight is 560 g/mol. The maximum atomic E-state index is 12.1. The molecule has 1 aliphatic carbocycles. The number of carbonyl (C=O) groups is 1. The Bertz CT molecular complexity index is 1460. The summed E-state index contributed by atoms with van der Waals surface area (Å²) < 4.78 is 3.18. The van der Waals surface area contributed by atoms with Crippen molar-refractivity contribution in [2.75, 3.05) is 43.1 Å². The zero-order chi connectivity index (χ0) is 25.9. The summed E-state index contributed by atoms with van der Waals surface area (Å²) in [5.41, 5.74) is 5.35. The van der Waals surface area contributed by atoms with Crippen LogP contribution >= 0.6 is 15.9 Å². The van der Waals surface area contributed by atoms with E-state index in [4.69, 9.17) is 4.98 Å². The summed E-state index contributed by atoms with van der Waals surface area (Å²) in [6, 6.07) is 14.8. The Kier molecular flexibility index (Phi) is 7.25. The van der Waals surface area contributed by atoms with Gasteiger partial charge in [0.2, 0.25) is 11.9 Å². The molecule has 2 heterocycles. The molecule has 1 fully saturated rings. The van der Waals surface area contributed by atoms with Gasteiger partial charge in [0.25, 0.3) is 0 Å². The van der Waals surface area contributed by atoms with E-state index in [0.717, 1.165) is 40.2 Å². The number of fused-ring (bicyclic) bond motifs is 1. The van der Waals surface area contributed by atoms with Crippen molar-refractivity contribution in [3.05, 3.63) is 72.0 Å². The lowest BCUT2D eigenvalue weighted by Gasteiger charge is -2.17. The van der Waals surface area contributed by atoms with E-state index in [1.54, 1.807) is 6.20 Å². The first kappa shape index (κ1) is 25.0. The minimum absolute atomic E-state index is 0.283. The predicted octanol–water partition coefficient (Wildman–Crippen LogP) is 6.04. The van der Waals surface area contributed by atoms with Gasteiger partial charge in [0, 0.05) is 52.5 Å². The molecule has 3 N–H and O–H groups in total. The second-order valence-corrected chi connectivity index (χ2v) is 10.2. The van der Waals surface area contributed by atoms with Crippen LogP contribution in [0.4, 0.5) is 23.0 Å². The quantitative estimate of drug-likeness (QED) is 0.205. The Hall–Kier alpha value is -3.69. The fourth-order valence-electron chi connectivity index (χ4n) is 4.27. The molecule has 2 aromatic carbocycles. The zero-order valence-electron chi connectivity index (χ0n) is 21.0. The standard InChI is InChI=1S/C28H30BrN7O/c1-4-27(37)32-25-16-23(21(29)15-24(25)30-13-14-35(2)3)34-28-31-12-11-22(33-28)20-17-36(18-9-10-18)26-8-6-5-7-19(20)26/h4-8,11-12,15-18,30H,1,9-10,13-14H2,2-3H3,(H,32,37)(H,31,33,34). The fourth-order valence-corrected chi connectivity index (χ4v) is 4.71. The molecule has 0 aliphatic heterocycles. The molecule has 1 aliphatic rings. The van der Waals surface area contributed by atoms with Gasteiger partial charge in [-0.05, 0) is 73.2 Å². The average Bonchev–Trinajstić information content (AvgIpc) is 3.66. The Balaban J connectivity index is 1.45. The van der Waals surface area contributed by atoms with Crippen molar-refractivity contribution in [2.45, 2.75) is 18.9 Å². The molecule has 0 bridgehead atoms. The van der Waals surface area contributed by atoms with Crippen LogP contribution in [0.1, 0.15) is 18.9 Å². The van der Waals surface area contributed by atoms with E-state index in [-0.39, 0.29) is 5.91 Å². The lowest BCUT2D eigenvalue weighted by Crippen LogP contribution is -2.21. The summed E-state index contributed by atoms with van der Waals surface area (Å²) >= 11 is 3.66. The topological polar surface area (TPSA) is 87.1 Å². The third kappa shape index (κ3) is 5.68. The van der Waals surface area contributed by atoms with Gasteiger partial charge in [-0.2, -0.15) is 0 Å². The Labute approximate surface area is 224 Å². The van der Waals surface area contributed by atoms with E-state index in [1.807, 2.05) is 32.3 Å². The smallest absolute Gasteiger partial charge is 0.247 e. The lowest BCUT2D eigenvalue weighted by molar-refractivity contribution is -0.111. The van der Waals surface area contributed by atoms with Gasteiger partial charge in [0.1, 0.15) is 0 Å². The largest absolute Gasteiger partial charge is 0.382 e. The van der Waals surface area contributed by atoms with Crippen LogP contribution in [0.25, 0.3) is 22.2 Å². The number of rotatable bonds is 10. The van der Waals surface area contributed by atoms with E-state index in [9.17, 15) is 4.79 Å². The number of carbonyl (C=O) groups excluding carboxylic acids is 1. The summed E-state index contributed by atoms with van der Waals surface area (Å²) in [7, 11) is 4.03. The van der Waals surface area contributed by atoms with E-state index in [0.29, 0.717) is 17.7 Å². The van der Waals surface area contributed by atoms with Gasteiger partial charge in [-0.25, -0.2) is 9.97 Å². The van der Waals surface area contributed by atoms with Crippen molar-refractivity contribution in [1.29, 1.82) is 0 Å². The number of benzene rings is 2. The molecule has 0 radical (unpaired) electrons. The highest BCUT2D eigenvalue weighted by Crippen LogP contribution is 2.41. The van der Waals surface area contributed by atoms with Crippen LogP contribution in [0.3, 0.4) is 0 Å².